The molecule has 126 valence electrons. The van der Waals surface area contributed by atoms with Gasteiger partial charge in [-0.3, -0.25) is 4.79 Å². The van der Waals surface area contributed by atoms with E-state index in [4.69, 9.17) is 5.73 Å². The minimum atomic E-state index is -0.309. The molecule has 1 unspecified atom stereocenters. The molecule has 1 fully saturated rings. The maximum Gasteiger partial charge on any atom is 0.166 e. The second-order valence-corrected chi connectivity index (χ2v) is 6.46. The lowest BCUT2D eigenvalue weighted by Gasteiger charge is -2.33. The van der Waals surface area contributed by atoms with Crippen molar-refractivity contribution >= 4 is 5.78 Å². The third-order valence-electron chi connectivity index (χ3n) is 4.77. The summed E-state index contributed by atoms with van der Waals surface area (Å²) < 4.78 is 13.0. The highest BCUT2D eigenvalue weighted by atomic mass is 19.1. The Morgan fingerprint density at radius 2 is 1.71 bits per heavy atom. The van der Waals surface area contributed by atoms with Crippen LogP contribution in [0.5, 0.6) is 0 Å². The number of carbonyl (C=O) groups excluding carboxylic acids is 1. The Balaban J connectivity index is 1.52. The van der Waals surface area contributed by atoms with E-state index < -0.39 is 0 Å². The predicted molar refractivity (Wildman–Crippen MR) is 93.3 cm³/mol. The van der Waals surface area contributed by atoms with Crippen molar-refractivity contribution in [2.75, 3.05) is 19.6 Å². The summed E-state index contributed by atoms with van der Waals surface area (Å²) in [6, 6.07) is 15.9. The van der Waals surface area contributed by atoms with Gasteiger partial charge in [-0.25, -0.2) is 4.39 Å². The van der Waals surface area contributed by atoms with Gasteiger partial charge in [0.1, 0.15) is 5.82 Å². The van der Waals surface area contributed by atoms with Gasteiger partial charge < -0.3 is 10.6 Å². The SMILES string of the molecule is NC(CN1CCC(C(=O)c2ccc(F)cc2)CC1)c1ccccc1. The van der Waals surface area contributed by atoms with Crippen molar-refractivity contribution in [2.24, 2.45) is 11.7 Å². The average Bonchev–Trinajstić information content (AvgIpc) is 2.63. The van der Waals surface area contributed by atoms with Gasteiger partial charge in [0.25, 0.3) is 0 Å². The van der Waals surface area contributed by atoms with Crippen LogP contribution in [0.25, 0.3) is 0 Å². The molecule has 2 N–H and O–H groups in total. The molecular weight excluding hydrogens is 303 g/mol. The summed E-state index contributed by atoms with van der Waals surface area (Å²) in [5, 5.41) is 0. The topological polar surface area (TPSA) is 46.3 Å². The maximum atomic E-state index is 13.0. The summed E-state index contributed by atoms with van der Waals surface area (Å²) in [6.45, 7) is 2.55. The number of Topliss-reactive ketones (excluding diaryl/α,β-unsaturated/α-hetero) is 1. The molecule has 1 saturated heterocycles. The average molecular weight is 326 g/mol. The number of carbonyl (C=O) groups is 1. The minimum Gasteiger partial charge on any atom is -0.323 e. The van der Waals surface area contributed by atoms with Crippen molar-refractivity contribution < 1.29 is 9.18 Å². The first-order valence-corrected chi connectivity index (χ1v) is 8.46. The third-order valence-corrected chi connectivity index (χ3v) is 4.77. The lowest BCUT2D eigenvalue weighted by Crippen LogP contribution is -2.40. The molecule has 1 atom stereocenters. The summed E-state index contributed by atoms with van der Waals surface area (Å²) >= 11 is 0. The molecule has 0 aliphatic carbocycles. The van der Waals surface area contributed by atoms with E-state index in [0.717, 1.165) is 38.0 Å². The van der Waals surface area contributed by atoms with Gasteiger partial charge in [-0.1, -0.05) is 30.3 Å². The van der Waals surface area contributed by atoms with E-state index in [2.05, 4.69) is 17.0 Å². The molecule has 2 aromatic rings. The quantitative estimate of drug-likeness (QED) is 0.857. The summed E-state index contributed by atoms with van der Waals surface area (Å²) in [4.78, 5) is 14.8. The number of nitrogens with two attached hydrogens (primary N) is 1. The smallest absolute Gasteiger partial charge is 0.166 e. The molecule has 3 rings (SSSR count). The van der Waals surface area contributed by atoms with E-state index in [-0.39, 0.29) is 23.6 Å². The summed E-state index contributed by atoms with van der Waals surface area (Å²) in [6.07, 6.45) is 1.66. The van der Waals surface area contributed by atoms with Crippen molar-refractivity contribution in [1.82, 2.24) is 4.90 Å². The van der Waals surface area contributed by atoms with Gasteiger partial charge in [-0.15, -0.1) is 0 Å². The molecule has 0 aromatic heterocycles. The Kier molecular flexibility index (Phi) is 5.38. The molecule has 4 heteroatoms. The molecule has 3 nitrogen and oxygen atoms in total. The van der Waals surface area contributed by atoms with Crippen LogP contribution in [0.2, 0.25) is 0 Å². The second-order valence-electron chi connectivity index (χ2n) is 6.46. The van der Waals surface area contributed by atoms with Gasteiger partial charge >= 0.3 is 0 Å². The van der Waals surface area contributed by atoms with Crippen LogP contribution in [-0.2, 0) is 0 Å². The molecule has 1 heterocycles. The summed E-state index contributed by atoms with van der Waals surface area (Å²) in [5.74, 6) is -0.155. The minimum absolute atomic E-state index is 0.00412. The van der Waals surface area contributed by atoms with E-state index in [1.54, 1.807) is 12.1 Å². The van der Waals surface area contributed by atoms with Gasteiger partial charge in [-0.2, -0.15) is 0 Å². The molecule has 0 bridgehead atoms. The van der Waals surface area contributed by atoms with Crippen LogP contribution in [-0.4, -0.2) is 30.3 Å². The zero-order valence-electron chi connectivity index (χ0n) is 13.7. The molecule has 24 heavy (non-hydrogen) atoms. The van der Waals surface area contributed by atoms with Crippen LogP contribution in [0, 0.1) is 11.7 Å². The molecule has 0 amide bonds. The first-order valence-electron chi connectivity index (χ1n) is 8.46. The van der Waals surface area contributed by atoms with Gasteiger partial charge in [0.05, 0.1) is 0 Å². The van der Waals surface area contributed by atoms with Crippen LogP contribution < -0.4 is 5.73 Å². The lowest BCUT2D eigenvalue weighted by atomic mass is 9.88. The normalized spacial score (nSPS) is 17.6. The summed E-state index contributed by atoms with van der Waals surface area (Å²) in [7, 11) is 0. The number of hydrogen-bond acceptors (Lipinski definition) is 3. The fourth-order valence-corrected chi connectivity index (χ4v) is 3.31. The Morgan fingerprint density at radius 1 is 1.08 bits per heavy atom. The van der Waals surface area contributed by atoms with Gasteiger partial charge in [0, 0.05) is 24.1 Å². The van der Waals surface area contributed by atoms with Crippen LogP contribution in [0.1, 0.15) is 34.8 Å². The third kappa shape index (κ3) is 4.08. The number of hydrogen-bond donors (Lipinski definition) is 1. The first-order chi connectivity index (χ1) is 11.6. The van der Waals surface area contributed by atoms with Crippen LogP contribution >= 0.6 is 0 Å². The highest BCUT2D eigenvalue weighted by molar-refractivity contribution is 5.97. The van der Waals surface area contributed by atoms with Crippen LogP contribution in [0.15, 0.2) is 54.6 Å². The fraction of sp³-hybridized carbons (Fsp3) is 0.350. The maximum absolute atomic E-state index is 13.0. The highest BCUT2D eigenvalue weighted by Gasteiger charge is 2.26. The Hall–Kier alpha value is -2.04. The number of rotatable bonds is 5. The molecule has 0 radical (unpaired) electrons. The van der Waals surface area contributed by atoms with Gasteiger partial charge in [-0.05, 0) is 55.8 Å². The van der Waals surface area contributed by atoms with E-state index in [0.29, 0.717) is 5.56 Å². The number of ketones is 1. The molecule has 1 aliphatic heterocycles. The van der Waals surface area contributed by atoms with Gasteiger partial charge in [0.2, 0.25) is 0 Å². The lowest BCUT2D eigenvalue weighted by molar-refractivity contribution is 0.0835. The molecular formula is C20H23FN2O. The Morgan fingerprint density at radius 3 is 2.33 bits per heavy atom. The van der Waals surface area contributed by atoms with E-state index in [9.17, 15) is 9.18 Å². The highest BCUT2D eigenvalue weighted by Crippen LogP contribution is 2.23. The van der Waals surface area contributed by atoms with Crippen LogP contribution in [0.3, 0.4) is 0 Å². The molecule has 1 aliphatic rings. The largest absolute Gasteiger partial charge is 0.323 e. The fourth-order valence-electron chi connectivity index (χ4n) is 3.31. The number of piperidine rings is 1. The van der Waals surface area contributed by atoms with E-state index in [1.165, 1.54) is 12.1 Å². The van der Waals surface area contributed by atoms with Crippen molar-refractivity contribution in [3.63, 3.8) is 0 Å². The zero-order chi connectivity index (χ0) is 16.9. The monoisotopic (exact) mass is 326 g/mol. The van der Waals surface area contributed by atoms with E-state index >= 15 is 0 Å². The number of benzene rings is 2. The van der Waals surface area contributed by atoms with Crippen molar-refractivity contribution in [1.29, 1.82) is 0 Å². The second kappa shape index (κ2) is 7.69. The van der Waals surface area contributed by atoms with E-state index in [1.807, 2.05) is 18.2 Å². The Labute approximate surface area is 142 Å². The van der Waals surface area contributed by atoms with Gasteiger partial charge in [0.15, 0.2) is 5.78 Å². The first kappa shape index (κ1) is 16.8. The molecule has 0 saturated carbocycles. The molecule has 2 aromatic carbocycles. The summed E-state index contributed by atoms with van der Waals surface area (Å²) in [5.41, 5.74) is 8.03. The standard InChI is InChI=1S/C20H23FN2O/c21-18-8-6-16(7-9-18)20(24)17-10-12-23(13-11-17)14-19(22)15-4-2-1-3-5-15/h1-9,17,19H,10-14,22H2. The number of likely N-dealkylation sites (tertiary alicyclic amines) is 1. The molecule has 0 spiro atoms. The van der Waals surface area contributed by atoms with Crippen molar-refractivity contribution in [3.05, 3.63) is 71.5 Å². The number of halogens is 1. The van der Waals surface area contributed by atoms with Crippen molar-refractivity contribution in [3.8, 4) is 0 Å². The zero-order valence-corrected chi connectivity index (χ0v) is 13.7. The van der Waals surface area contributed by atoms with Crippen LogP contribution in [0.4, 0.5) is 4.39 Å². The predicted octanol–water partition coefficient (Wildman–Crippen LogP) is 3.42. The van der Waals surface area contributed by atoms with Crippen molar-refractivity contribution in [2.45, 2.75) is 18.9 Å². The number of nitrogens with zero attached hydrogens (tertiary/aromatic N) is 1. The Bertz CT molecular complexity index is 664.